The molecule has 6 nitrogen and oxygen atoms in total. The second kappa shape index (κ2) is 7.56. The van der Waals surface area contributed by atoms with Gasteiger partial charge in [0.2, 0.25) is 0 Å². The maximum Gasteiger partial charge on any atom is 0.511 e. The maximum atomic E-state index is 14.2. The van der Waals surface area contributed by atoms with Crippen molar-refractivity contribution in [3.05, 3.63) is 46.3 Å². The first-order chi connectivity index (χ1) is 14.0. The molecule has 0 aromatic heterocycles. The number of halogens is 4. The average molecular weight is 449 g/mol. The van der Waals surface area contributed by atoms with Crippen molar-refractivity contribution in [1.29, 1.82) is 0 Å². The summed E-state index contributed by atoms with van der Waals surface area (Å²) in [5.74, 6) is -0.368. The molecule has 0 aliphatic carbocycles. The molecule has 30 heavy (non-hydrogen) atoms. The van der Waals surface area contributed by atoms with Crippen LogP contribution in [0, 0.1) is 12.7 Å². The summed E-state index contributed by atoms with van der Waals surface area (Å²) in [5.41, 5.74) is 3.72. The molecule has 1 aromatic carbocycles. The highest BCUT2D eigenvalue weighted by molar-refractivity contribution is 7.90. The molecule has 0 bridgehead atoms. The highest BCUT2D eigenvalue weighted by Gasteiger charge is 2.52. The molecule has 0 spiro atoms. The fraction of sp³-hybridized carbons (Fsp3) is 0.579. The molecule has 1 aromatic rings. The molecule has 1 saturated heterocycles. The van der Waals surface area contributed by atoms with Gasteiger partial charge in [0.25, 0.3) is 0 Å². The van der Waals surface area contributed by atoms with Crippen LogP contribution in [0.5, 0.6) is 0 Å². The fourth-order valence-electron chi connectivity index (χ4n) is 4.45. The van der Waals surface area contributed by atoms with Crippen molar-refractivity contribution in [1.82, 2.24) is 9.21 Å². The largest absolute Gasteiger partial charge is 0.511 e. The van der Waals surface area contributed by atoms with E-state index in [1.165, 1.54) is 6.07 Å². The van der Waals surface area contributed by atoms with Crippen LogP contribution in [0.1, 0.15) is 23.7 Å². The minimum atomic E-state index is -5.32. The van der Waals surface area contributed by atoms with Gasteiger partial charge in [-0.2, -0.15) is 17.5 Å². The standard InChI is InChI=1S/C19H23F4N3O3S/c1-11-2-3-16(20)15(4-11)18-17(24)5-14(10-29-18)25-6-12-8-26(9-13(12)7-25)30(27,28)19(21,22)23/h2-4,14,17-18H,5-10,24H2,1H3/t14-,17+,18-/m1/s1. The second-order valence-corrected chi connectivity index (χ2v) is 10.1. The molecule has 1 fully saturated rings. The lowest BCUT2D eigenvalue weighted by molar-refractivity contribution is -0.0493. The fourth-order valence-corrected chi connectivity index (χ4v) is 5.39. The Morgan fingerprint density at radius 2 is 1.77 bits per heavy atom. The van der Waals surface area contributed by atoms with E-state index in [1.807, 2.05) is 11.8 Å². The molecule has 3 aliphatic heterocycles. The van der Waals surface area contributed by atoms with Crippen LogP contribution in [0.4, 0.5) is 17.6 Å². The number of benzene rings is 1. The molecule has 0 radical (unpaired) electrons. The van der Waals surface area contributed by atoms with E-state index in [4.69, 9.17) is 10.5 Å². The lowest BCUT2D eigenvalue weighted by Gasteiger charge is -2.39. The van der Waals surface area contributed by atoms with Gasteiger partial charge < -0.3 is 10.5 Å². The van der Waals surface area contributed by atoms with Gasteiger partial charge in [-0.25, -0.2) is 12.8 Å². The van der Waals surface area contributed by atoms with Gasteiger partial charge in [-0.05, 0) is 30.6 Å². The molecule has 3 aliphatic rings. The lowest BCUT2D eigenvalue weighted by atomic mass is 9.92. The number of aryl methyl sites for hydroxylation is 1. The van der Waals surface area contributed by atoms with Crippen molar-refractivity contribution in [3.63, 3.8) is 0 Å². The number of ether oxygens (including phenoxy) is 1. The Labute approximate surface area is 172 Å². The summed E-state index contributed by atoms with van der Waals surface area (Å²) in [6.45, 7) is 2.44. The van der Waals surface area contributed by atoms with Gasteiger partial charge in [0.1, 0.15) is 11.9 Å². The lowest BCUT2D eigenvalue weighted by Crippen LogP contribution is -2.50. The number of nitrogens with two attached hydrogens (primary N) is 1. The summed E-state index contributed by atoms with van der Waals surface area (Å²) in [7, 11) is -5.32. The van der Waals surface area contributed by atoms with Crippen molar-refractivity contribution < 1.29 is 30.7 Å². The first-order valence-corrected chi connectivity index (χ1v) is 11.0. The van der Waals surface area contributed by atoms with E-state index in [9.17, 15) is 26.0 Å². The van der Waals surface area contributed by atoms with E-state index in [-0.39, 0.29) is 24.9 Å². The predicted octanol–water partition coefficient (Wildman–Crippen LogP) is 2.07. The van der Waals surface area contributed by atoms with Crippen molar-refractivity contribution in [2.75, 3.05) is 32.8 Å². The highest BCUT2D eigenvalue weighted by Crippen LogP contribution is 2.37. The summed E-state index contributed by atoms with van der Waals surface area (Å²) in [4.78, 5) is 2.05. The van der Waals surface area contributed by atoms with Crippen LogP contribution in [-0.2, 0) is 14.8 Å². The predicted molar refractivity (Wildman–Crippen MR) is 101 cm³/mol. The third kappa shape index (κ3) is 3.77. The average Bonchev–Trinajstić information content (AvgIpc) is 3.22. The second-order valence-electron chi connectivity index (χ2n) is 8.16. The Hall–Kier alpha value is -1.53. The first kappa shape index (κ1) is 21.7. The quantitative estimate of drug-likeness (QED) is 0.565. The zero-order valence-corrected chi connectivity index (χ0v) is 17.1. The van der Waals surface area contributed by atoms with Crippen molar-refractivity contribution >= 4 is 10.0 Å². The van der Waals surface area contributed by atoms with Crippen molar-refractivity contribution in [3.8, 4) is 0 Å². The summed E-state index contributed by atoms with van der Waals surface area (Å²) in [6, 6.07) is 4.29. The number of alkyl halides is 3. The van der Waals surface area contributed by atoms with E-state index >= 15 is 0 Å². The van der Waals surface area contributed by atoms with Crippen LogP contribution in [0.25, 0.3) is 0 Å². The topological polar surface area (TPSA) is 75.9 Å². The SMILES string of the molecule is Cc1ccc(F)c([C@H]2OC[C@H](N3CC4=C(C3)CN(S(=O)(=O)C(F)(F)F)C4)C[C@@H]2N)c1. The van der Waals surface area contributed by atoms with Gasteiger partial charge >= 0.3 is 15.5 Å². The third-order valence-electron chi connectivity index (χ3n) is 6.03. The van der Waals surface area contributed by atoms with Gasteiger partial charge in [-0.15, -0.1) is 0 Å². The highest BCUT2D eigenvalue weighted by atomic mass is 32.2. The molecule has 0 amide bonds. The number of hydrogen-bond acceptors (Lipinski definition) is 5. The molecule has 166 valence electrons. The number of sulfonamides is 1. The van der Waals surface area contributed by atoms with Crippen LogP contribution in [0.2, 0.25) is 0 Å². The molecule has 11 heteroatoms. The minimum Gasteiger partial charge on any atom is -0.370 e. The Balaban J connectivity index is 1.37. The summed E-state index contributed by atoms with van der Waals surface area (Å²) in [6.07, 6.45) is -0.0145. The van der Waals surface area contributed by atoms with E-state index in [0.29, 0.717) is 47.1 Å². The summed E-state index contributed by atoms with van der Waals surface area (Å²) >= 11 is 0. The summed E-state index contributed by atoms with van der Waals surface area (Å²) < 4.78 is 82.2. The smallest absolute Gasteiger partial charge is 0.370 e. The number of hydrogen-bond donors (Lipinski definition) is 1. The van der Waals surface area contributed by atoms with E-state index in [0.717, 1.165) is 5.56 Å². The van der Waals surface area contributed by atoms with Crippen LogP contribution < -0.4 is 5.73 Å². The molecule has 3 heterocycles. The normalized spacial score (nSPS) is 28.9. The molecule has 0 unspecified atom stereocenters. The van der Waals surface area contributed by atoms with Crippen LogP contribution in [-0.4, -0.2) is 68.0 Å². The van der Waals surface area contributed by atoms with Crippen molar-refractivity contribution in [2.24, 2.45) is 5.73 Å². The zero-order valence-electron chi connectivity index (χ0n) is 16.3. The zero-order chi connectivity index (χ0) is 21.8. The first-order valence-electron chi connectivity index (χ1n) is 9.61. The van der Waals surface area contributed by atoms with E-state index in [1.54, 1.807) is 12.1 Å². The van der Waals surface area contributed by atoms with E-state index in [2.05, 4.69) is 0 Å². The Bertz CT molecular complexity index is 962. The molecule has 2 N–H and O–H groups in total. The Morgan fingerprint density at radius 1 is 1.13 bits per heavy atom. The molecule has 4 rings (SSSR count). The number of nitrogens with zero attached hydrogens (tertiary/aromatic N) is 2. The molecular formula is C19H23F4N3O3S. The monoisotopic (exact) mass is 449 g/mol. The molecular weight excluding hydrogens is 426 g/mol. The van der Waals surface area contributed by atoms with Gasteiger partial charge in [0, 0.05) is 43.8 Å². The molecule has 0 saturated carbocycles. The van der Waals surface area contributed by atoms with Crippen molar-refractivity contribution in [2.45, 2.75) is 37.0 Å². The minimum absolute atomic E-state index is 0.0672. The van der Waals surface area contributed by atoms with Gasteiger partial charge in [0.05, 0.1) is 6.61 Å². The van der Waals surface area contributed by atoms with Gasteiger partial charge in [0.15, 0.2) is 0 Å². The number of rotatable bonds is 3. The maximum absolute atomic E-state index is 14.2. The van der Waals surface area contributed by atoms with Gasteiger partial charge in [-0.3, -0.25) is 4.90 Å². The van der Waals surface area contributed by atoms with Crippen LogP contribution >= 0.6 is 0 Å². The molecule has 3 atom stereocenters. The van der Waals surface area contributed by atoms with Crippen LogP contribution in [0.3, 0.4) is 0 Å². The van der Waals surface area contributed by atoms with E-state index < -0.39 is 27.7 Å². The third-order valence-corrected chi connectivity index (χ3v) is 7.55. The Morgan fingerprint density at radius 3 is 2.33 bits per heavy atom. The van der Waals surface area contributed by atoms with Gasteiger partial charge in [-0.1, -0.05) is 17.7 Å². The Kier molecular flexibility index (Phi) is 5.46. The summed E-state index contributed by atoms with van der Waals surface area (Å²) in [5, 5.41) is 0. The van der Waals surface area contributed by atoms with Crippen LogP contribution in [0.15, 0.2) is 29.3 Å².